The Morgan fingerprint density at radius 1 is 0.880 bits per heavy atom. The van der Waals surface area contributed by atoms with Crippen LogP contribution in [0.25, 0.3) is 31.8 Å². The summed E-state index contributed by atoms with van der Waals surface area (Å²) in [5.41, 5.74) is 5.91. The molecule has 0 unspecified atom stereocenters. The van der Waals surface area contributed by atoms with Gasteiger partial charge in [-0.05, 0) is 78.2 Å². The van der Waals surface area contributed by atoms with Crippen LogP contribution in [-0.2, 0) is 24.4 Å². The largest absolute Gasteiger partial charge is 0.497 e. The van der Waals surface area contributed by atoms with E-state index in [1.54, 1.807) is 27.3 Å². The van der Waals surface area contributed by atoms with Crippen LogP contribution in [0.15, 0.2) is 108 Å². The summed E-state index contributed by atoms with van der Waals surface area (Å²) in [6, 6.07) is 33.6. The van der Waals surface area contributed by atoms with Crippen LogP contribution >= 0.6 is 11.3 Å². The topological polar surface area (TPSA) is 93.8 Å². The molecule has 0 spiro atoms. The van der Waals surface area contributed by atoms with Gasteiger partial charge >= 0.3 is 5.97 Å². The number of ether oxygens (including phenoxy) is 3. The van der Waals surface area contributed by atoms with Gasteiger partial charge in [-0.15, -0.1) is 11.3 Å². The van der Waals surface area contributed by atoms with Crippen LogP contribution in [0, 0.1) is 11.3 Å². The maximum Gasteiger partial charge on any atom is 0.343 e. The number of benzene rings is 4. The van der Waals surface area contributed by atoms with Gasteiger partial charge in [-0.25, -0.2) is 4.79 Å². The van der Waals surface area contributed by atoms with Crippen LogP contribution in [0.2, 0.25) is 0 Å². The molecule has 2 aromatic heterocycles. The molecule has 0 radical (unpaired) electrons. The predicted molar refractivity (Wildman–Crippen MR) is 198 cm³/mol. The molecule has 0 aliphatic carbocycles. The monoisotopic (exact) mass is 683 g/mol. The van der Waals surface area contributed by atoms with Crippen LogP contribution in [0.3, 0.4) is 0 Å². The summed E-state index contributed by atoms with van der Waals surface area (Å²) in [5, 5.41) is 10.1. The third kappa shape index (κ3) is 7.03. The van der Waals surface area contributed by atoms with Gasteiger partial charge in [0.05, 0.1) is 44.4 Å². The van der Waals surface area contributed by atoms with E-state index < -0.39 is 5.97 Å². The molecule has 0 amide bonds. The maximum atomic E-state index is 14.3. The Balaban J connectivity index is 1.45. The van der Waals surface area contributed by atoms with Gasteiger partial charge in [-0.2, -0.15) is 5.26 Å². The molecule has 4 aromatic carbocycles. The first-order valence-corrected chi connectivity index (χ1v) is 17.1. The average molecular weight is 684 g/mol. The van der Waals surface area contributed by atoms with E-state index in [-0.39, 0.29) is 17.6 Å². The minimum absolute atomic E-state index is 0.00882. The molecule has 0 fully saturated rings. The van der Waals surface area contributed by atoms with Crippen molar-refractivity contribution in [2.75, 3.05) is 27.9 Å². The molecule has 6 rings (SSSR count). The number of pyridine rings is 1. The Morgan fingerprint density at radius 3 is 2.28 bits per heavy atom. The summed E-state index contributed by atoms with van der Waals surface area (Å²) >= 11 is 1.53. The summed E-state index contributed by atoms with van der Waals surface area (Å²) in [7, 11) is 5.28. The number of esters is 1. The number of fused-ring (bicyclic) bond motifs is 1. The summed E-state index contributed by atoms with van der Waals surface area (Å²) in [5.74, 6) is 0.795. The molecule has 6 aromatic rings. The molecule has 252 valence electrons. The molecule has 0 bridgehead atoms. The molecule has 0 atom stereocenters. The van der Waals surface area contributed by atoms with Crippen molar-refractivity contribution in [1.82, 2.24) is 9.47 Å². The van der Waals surface area contributed by atoms with E-state index in [1.807, 2.05) is 96.5 Å². The van der Waals surface area contributed by atoms with Crippen molar-refractivity contribution in [2.45, 2.75) is 26.6 Å². The van der Waals surface area contributed by atoms with Crippen molar-refractivity contribution in [3.05, 3.63) is 141 Å². The minimum atomic E-state index is -0.650. The summed E-state index contributed by atoms with van der Waals surface area (Å²) in [6.07, 6.45) is 1.61. The molecule has 0 saturated heterocycles. The lowest BCUT2D eigenvalue weighted by atomic mass is 9.99. The van der Waals surface area contributed by atoms with Gasteiger partial charge in [0, 0.05) is 29.7 Å². The lowest BCUT2D eigenvalue weighted by molar-refractivity contribution is 0.0524. The Hall–Kier alpha value is -5.69. The van der Waals surface area contributed by atoms with Crippen LogP contribution in [0.4, 0.5) is 0 Å². The molecule has 8 nitrogen and oxygen atoms in total. The maximum absolute atomic E-state index is 14.3. The second kappa shape index (κ2) is 15.2. The zero-order valence-electron chi connectivity index (χ0n) is 28.4. The van der Waals surface area contributed by atoms with Crippen molar-refractivity contribution in [3.63, 3.8) is 0 Å². The van der Waals surface area contributed by atoms with Crippen molar-refractivity contribution in [2.24, 2.45) is 0 Å². The van der Waals surface area contributed by atoms with Gasteiger partial charge in [-0.1, -0.05) is 60.7 Å². The standard InChI is InChI=1S/C41H37N3O5S/c1-5-49-41(46)35-26-44(24-31-11-7-9-13-36(31)48-4)40-37(38(35)45)34(39(50-40)29-18-20-32(47-3)21-19-29)25-43(2)23-27-14-16-28(17-15-27)33-12-8-6-10-30(33)22-42/h6-21,26H,5,23-25H2,1-4H3. The van der Waals surface area contributed by atoms with Gasteiger partial charge in [-0.3, -0.25) is 9.69 Å². The van der Waals surface area contributed by atoms with Crippen molar-refractivity contribution in [1.29, 1.82) is 5.26 Å². The molecule has 0 aliphatic rings. The summed E-state index contributed by atoms with van der Waals surface area (Å²) in [6.45, 7) is 3.31. The average Bonchev–Trinajstić information content (AvgIpc) is 3.52. The SMILES string of the molecule is CCOC(=O)c1cn(Cc2ccccc2OC)c2sc(-c3ccc(OC)cc3)c(CN(C)Cc3ccc(-c4ccccc4C#N)cc3)c2c1=O. The number of methoxy groups -OCH3 is 2. The third-order valence-corrected chi connectivity index (χ3v) is 9.90. The Morgan fingerprint density at radius 2 is 1.58 bits per heavy atom. The number of rotatable bonds is 12. The number of carbonyl (C=O) groups excluding carboxylic acids is 1. The number of nitriles is 1. The van der Waals surface area contributed by atoms with Crippen LogP contribution in [0.5, 0.6) is 11.5 Å². The van der Waals surface area contributed by atoms with E-state index in [0.717, 1.165) is 48.8 Å². The Bertz CT molecular complexity index is 2250. The third-order valence-electron chi connectivity index (χ3n) is 8.58. The van der Waals surface area contributed by atoms with E-state index in [2.05, 4.69) is 23.1 Å². The number of aromatic nitrogens is 1. The highest BCUT2D eigenvalue weighted by molar-refractivity contribution is 7.22. The Labute approximate surface area is 295 Å². The number of carbonyl (C=O) groups is 1. The second-order valence-electron chi connectivity index (χ2n) is 11.9. The minimum Gasteiger partial charge on any atom is -0.497 e. The molecule has 9 heteroatoms. The van der Waals surface area contributed by atoms with Crippen molar-refractivity contribution < 1.29 is 19.0 Å². The van der Waals surface area contributed by atoms with E-state index in [0.29, 0.717) is 36.3 Å². The van der Waals surface area contributed by atoms with Crippen molar-refractivity contribution in [3.8, 4) is 39.1 Å². The molecule has 0 N–H and O–H groups in total. The zero-order chi connectivity index (χ0) is 35.2. The van der Waals surface area contributed by atoms with Crippen LogP contribution < -0.4 is 14.9 Å². The van der Waals surface area contributed by atoms with Crippen LogP contribution in [-0.4, -0.2) is 43.3 Å². The van der Waals surface area contributed by atoms with E-state index in [1.165, 1.54) is 11.3 Å². The highest BCUT2D eigenvalue weighted by Gasteiger charge is 2.25. The van der Waals surface area contributed by atoms with E-state index in [9.17, 15) is 14.9 Å². The molecule has 0 saturated carbocycles. The first kappa shape index (κ1) is 34.2. The number of para-hydroxylation sites is 1. The number of hydrogen-bond acceptors (Lipinski definition) is 8. The highest BCUT2D eigenvalue weighted by atomic mass is 32.1. The summed E-state index contributed by atoms with van der Waals surface area (Å²) < 4.78 is 18.4. The molecule has 2 heterocycles. The van der Waals surface area contributed by atoms with Gasteiger partial charge in [0.1, 0.15) is 21.9 Å². The molecule has 50 heavy (non-hydrogen) atoms. The summed E-state index contributed by atoms with van der Waals surface area (Å²) in [4.78, 5) is 31.4. The predicted octanol–water partition coefficient (Wildman–Crippen LogP) is 8.14. The fourth-order valence-corrected chi connectivity index (χ4v) is 7.46. The van der Waals surface area contributed by atoms with E-state index >= 15 is 0 Å². The number of thiophene rings is 1. The highest BCUT2D eigenvalue weighted by Crippen LogP contribution is 2.39. The van der Waals surface area contributed by atoms with Crippen molar-refractivity contribution >= 4 is 27.5 Å². The van der Waals surface area contributed by atoms with Gasteiger partial charge in [0.15, 0.2) is 0 Å². The lowest BCUT2D eigenvalue weighted by Gasteiger charge is -2.18. The zero-order valence-corrected chi connectivity index (χ0v) is 29.3. The molecule has 0 aliphatic heterocycles. The fraction of sp³-hybridized carbons (Fsp3) is 0.195. The first-order valence-electron chi connectivity index (χ1n) is 16.2. The molecular weight excluding hydrogens is 647 g/mol. The quantitative estimate of drug-likeness (QED) is 0.120. The first-order chi connectivity index (χ1) is 24.3. The lowest BCUT2D eigenvalue weighted by Crippen LogP contribution is -2.23. The Kier molecular flexibility index (Phi) is 10.4. The molecular formula is C41H37N3O5S. The second-order valence-corrected chi connectivity index (χ2v) is 12.9. The number of hydrogen-bond donors (Lipinski definition) is 0. The normalized spacial score (nSPS) is 11.0. The van der Waals surface area contributed by atoms with Crippen LogP contribution in [0.1, 0.15) is 39.5 Å². The number of nitrogens with zero attached hydrogens (tertiary/aromatic N) is 3. The van der Waals surface area contributed by atoms with Gasteiger partial charge < -0.3 is 18.8 Å². The fourth-order valence-electron chi connectivity index (χ4n) is 6.17. The smallest absolute Gasteiger partial charge is 0.343 e. The van der Waals surface area contributed by atoms with E-state index in [4.69, 9.17) is 14.2 Å². The van der Waals surface area contributed by atoms with Gasteiger partial charge in [0.25, 0.3) is 0 Å². The van der Waals surface area contributed by atoms with Gasteiger partial charge in [0.2, 0.25) is 5.43 Å².